The minimum atomic E-state index is 0.00997. The van der Waals surface area contributed by atoms with E-state index in [0.29, 0.717) is 18.0 Å². The Kier molecular flexibility index (Phi) is 5.32. The van der Waals surface area contributed by atoms with Gasteiger partial charge in [0, 0.05) is 61.6 Å². The van der Waals surface area contributed by atoms with Crippen LogP contribution in [0.15, 0.2) is 55.2 Å². The largest absolute Gasteiger partial charge is 0.481 e. The van der Waals surface area contributed by atoms with Crippen molar-refractivity contribution >= 4 is 5.91 Å². The number of imidazole rings is 1. The lowest BCUT2D eigenvalue weighted by atomic mass is 9.96. The van der Waals surface area contributed by atoms with Crippen LogP contribution in [-0.2, 0) is 6.54 Å². The number of hydrogen-bond acceptors (Lipinski definition) is 5. The van der Waals surface area contributed by atoms with Crippen LogP contribution in [0.3, 0.4) is 0 Å². The molecule has 1 aliphatic rings. The van der Waals surface area contributed by atoms with Gasteiger partial charge in [0.25, 0.3) is 5.91 Å². The number of ether oxygens (including phenoxy) is 1. The van der Waals surface area contributed by atoms with E-state index < -0.39 is 0 Å². The van der Waals surface area contributed by atoms with Crippen molar-refractivity contribution < 1.29 is 9.53 Å². The van der Waals surface area contributed by atoms with Crippen LogP contribution in [0.4, 0.5) is 0 Å². The molecule has 1 atom stereocenters. The third kappa shape index (κ3) is 3.88. The van der Waals surface area contributed by atoms with Gasteiger partial charge in [-0.25, -0.2) is 9.97 Å². The summed E-state index contributed by atoms with van der Waals surface area (Å²) < 4.78 is 7.30. The first-order valence-corrected chi connectivity index (χ1v) is 9.44. The lowest BCUT2D eigenvalue weighted by Crippen LogP contribution is -2.39. The number of pyridine rings is 2. The number of hydrogen-bond donors (Lipinski definition) is 0. The summed E-state index contributed by atoms with van der Waals surface area (Å²) in [5.74, 6) is 1.70. The van der Waals surface area contributed by atoms with Crippen LogP contribution in [0.25, 0.3) is 0 Å². The fraction of sp³-hybridized carbons (Fsp3) is 0.333. The van der Waals surface area contributed by atoms with Crippen molar-refractivity contribution in [3.63, 3.8) is 0 Å². The smallest absolute Gasteiger partial charge is 0.254 e. The van der Waals surface area contributed by atoms with E-state index >= 15 is 0 Å². The van der Waals surface area contributed by atoms with E-state index in [9.17, 15) is 4.79 Å². The van der Waals surface area contributed by atoms with Crippen molar-refractivity contribution in [1.29, 1.82) is 0 Å². The number of aromatic nitrogens is 4. The number of likely N-dealkylation sites (tertiary alicyclic amines) is 1. The first-order valence-electron chi connectivity index (χ1n) is 9.44. The summed E-state index contributed by atoms with van der Waals surface area (Å²) in [6.07, 6.45) is 11.1. The van der Waals surface area contributed by atoms with Gasteiger partial charge >= 0.3 is 0 Å². The molecule has 7 nitrogen and oxygen atoms in total. The molecule has 0 saturated carbocycles. The van der Waals surface area contributed by atoms with Crippen LogP contribution in [0.2, 0.25) is 0 Å². The van der Waals surface area contributed by atoms with Gasteiger partial charge < -0.3 is 14.2 Å². The van der Waals surface area contributed by atoms with Crippen LogP contribution in [0.1, 0.15) is 40.5 Å². The van der Waals surface area contributed by atoms with E-state index in [-0.39, 0.29) is 11.8 Å². The standard InChI is InChI=1S/C21H23N5O2/c1-28-19-12-17(6-8-23-19)21(27)26-10-3-5-18(15-26)20-24-9-11-25(20)14-16-4-2-7-22-13-16/h2,4,6-9,11-13,18H,3,5,10,14-15H2,1H3/t18-/m1/s1. The van der Waals surface area contributed by atoms with Gasteiger partial charge in [-0.15, -0.1) is 0 Å². The monoisotopic (exact) mass is 377 g/mol. The van der Waals surface area contributed by atoms with E-state index in [1.165, 1.54) is 0 Å². The number of piperidine rings is 1. The lowest BCUT2D eigenvalue weighted by molar-refractivity contribution is 0.0703. The average molecular weight is 377 g/mol. The summed E-state index contributed by atoms with van der Waals surface area (Å²) in [5.41, 5.74) is 1.74. The maximum atomic E-state index is 13.0. The van der Waals surface area contributed by atoms with E-state index in [1.807, 2.05) is 29.6 Å². The van der Waals surface area contributed by atoms with Gasteiger partial charge in [0.05, 0.1) is 13.7 Å². The fourth-order valence-corrected chi connectivity index (χ4v) is 3.71. The van der Waals surface area contributed by atoms with Crippen LogP contribution >= 0.6 is 0 Å². The molecule has 1 fully saturated rings. The summed E-state index contributed by atoms with van der Waals surface area (Å²) in [6.45, 7) is 2.14. The van der Waals surface area contributed by atoms with Gasteiger partial charge in [-0.2, -0.15) is 0 Å². The molecule has 1 saturated heterocycles. The average Bonchev–Trinajstić information content (AvgIpc) is 3.22. The Morgan fingerprint density at radius 1 is 1.25 bits per heavy atom. The second kappa shape index (κ2) is 8.21. The highest BCUT2D eigenvalue weighted by Gasteiger charge is 2.28. The molecule has 0 N–H and O–H groups in total. The van der Waals surface area contributed by atoms with Crippen molar-refractivity contribution in [2.45, 2.75) is 25.3 Å². The molecule has 144 valence electrons. The van der Waals surface area contributed by atoms with E-state index in [0.717, 1.165) is 37.3 Å². The third-order valence-electron chi connectivity index (χ3n) is 5.09. The first kappa shape index (κ1) is 18.2. The van der Waals surface area contributed by atoms with Crippen LogP contribution in [0, 0.1) is 0 Å². The Hall–Kier alpha value is -3.22. The quantitative estimate of drug-likeness (QED) is 0.684. The van der Waals surface area contributed by atoms with Gasteiger partial charge in [-0.3, -0.25) is 9.78 Å². The second-order valence-corrected chi connectivity index (χ2v) is 6.95. The molecule has 0 unspecified atom stereocenters. The Morgan fingerprint density at radius 3 is 3.00 bits per heavy atom. The molecule has 7 heteroatoms. The Bertz CT molecular complexity index is 941. The second-order valence-electron chi connectivity index (χ2n) is 6.95. The molecular formula is C21H23N5O2. The normalized spacial score (nSPS) is 16.8. The van der Waals surface area contributed by atoms with E-state index in [1.54, 1.807) is 31.6 Å². The van der Waals surface area contributed by atoms with Gasteiger partial charge in [-0.05, 0) is 30.5 Å². The van der Waals surface area contributed by atoms with Crippen LogP contribution < -0.4 is 4.74 Å². The summed E-state index contributed by atoms with van der Waals surface area (Å²) in [6, 6.07) is 7.42. The first-order chi connectivity index (χ1) is 13.7. The summed E-state index contributed by atoms with van der Waals surface area (Å²) >= 11 is 0. The summed E-state index contributed by atoms with van der Waals surface area (Å²) in [4.78, 5) is 27.7. The van der Waals surface area contributed by atoms with Gasteiger partial charge in [0.15, 0.2) is 0 Å². The number of rotatable bonds is 5. The highest BCUT2D eigenvalue weighted by atomic mass is 16.5. The van der Waals surface area contributed by atoms with E-state index in [2.05, 4.69) is 25.6 Å². The number of amides is 1. The molecule has 0 spiro atoms. The number of carbonyl (C=O) groups is 1. The Balaban J connectivity index is 1.50. The Labute approximate surface area is 164 Å². The maximum absolute atomic E-state index is 13.0. The van der Waals surface area contributed by atoms with Gasteiger partial charge in [-0.1, -0.05) is 6.07 Å². The Morgan fingerprint density at radius 2 is 2.18 bits per heavy atom. The SMILES string of the molecule is COc1cc(C(=O)N2CCC[C@@H](c3nccn3Cc3cccnc3)C2)ccn1. The molecular weight excluding hydrogens is 354 g/mol. The van der Waals surface area contributed by atoms with Gasteiger partial charge in [0.2, 0.25) is 5.88 Å². The van der Waals surface area contributed by atoms with E-state index in [4.69, 9.17) is 4.74 Å². The lowest BCUT2D eigenvalue weighted by Gasteiger charge is -2.32. The number of nitrogens with zero attached hydrogens (tertiary/aromatic N) is 5. The van der Waals surface area contributed by atoms with Crippen molar-refractivity contribution in [3.05, 3.63) is 72.2 Å². The van der Waals surface area contributed by atoms with Crippen molar-refractivity contribution in [2.75, 3.05) is 20.2 Å². The minimum Gasteiger partial charge on any atom is -0.481 e. The molecule has 28 heavy (non-hydrogen) atoms. The zero-order valence-electron chi connectivity index (χ0n) is 15.9. The van der Waals surface area contributed by atoms with Crippen molar-refractivity contribution in [2.24, 2.45) is 0 Å². The van der Waals surface area contributed by atoms with Crippen molar-refractivity contribution in [1.82, 2.24) is 24.4 Å². The van der Waals surface area contributed by atoms with Crippen LogP contribution in [0.5, 0.6) is 5.88 Å². The molecule has 4 heterocycles. The molecule has 4 rings (SSSR count). The zero-order chi connectivity index (χ0) is 19.3. The number of methoxy groups -OCH3 is 1. The molecule has 3 aromatic rings. The highest BCUT2D eigenvalue weighted by molar-refractivity contribution is 5.94. The van der Waals surface area contributed by atoms with Crippen molar-refractivity contribution in [3.8, 4) is 5.88 Å². The molecule has 0 bridgehead atoms. The zero-order valence-corrected chi connectivity index (χ0v) is 15.9. The number of carbonyl (C=O) groups excluding carboxylic acids is 1. The predicted octanol–water partition coefficient (Wildman–Crippen LogP) is 2.75. The molecule has 1 amide bonds. The van der Waals surface area contributed by atoms with Crippen LogP contribution in [-0.4, -0.2) is 50.5 Å². The molecule has 0 radical (unpaired) electrons. The topological polar surface area (TPSA) is 73.1 Å². The highest BCUT2D eigenvalue weighted by Crippen LogP contribution is 2.27. The molecule has 1 aliphatic heterocycles. The third-order valence-corrected chi connectivity index (χ3v) is 5.09. The summed E-state index contributed by atoms with van der Waals surface area (Å²) in [5, 5.41) is 0. The molecule has 0 aliphatic carbocycles. The predicted molar refractivity (Wildman–Crippen MR) is 104 cm³/mol. The molecule has 0 aromatic carbocycles. The molecule has 3 aromatic heterocycles. The maximum Gasteiger partial charge on any atom is 0.254 e. The fourth-order valence-electron chi connectivity index (χ4n) is 3.71. The summed E-state index contributed by atoms with van der Waals surface area (Å²) in [7, 11) is 1.55. The minimum absolute atomic E-state index is 0.00997. The van der Waals surface area contributed by atoms with Gasteiger partial charge in [0.1, 0.15) is 5.82 Å².